The van der Waals surface area contributed by atoms with Gasteiger partial charge in [-0.1, -0.05) is 11.2 Å². The van der Waals surface area contributed by atoms with E-state index in [4.69, 9.17) is 9.26 Å². The number of hydrogen-bond acceptors (Lipinski definition) is 7. The minimum absolute atomic E-state index is 0.0392. The summed E-state index contributed by atoms with van der Waals surface area (Å²) in [5.41, 5.74) is 0.259. The summed E-state index contributed by atoms with van der Waals surface area (Å²) in [6.07, 6.45) is 0.629. The van der Waals surface area contributed by atoms with Crippen LogP contribution >= 0.6 is 0 Å². The van der Waals surface area contributed by atoms with Gasteiger partial charge in [0, 0.05) is 25.3 Å². The smallest absolute Gasteiger partial charge is 0.254 e. The van der Waals surface area contributed by atoms with Crippen molar-refractivity contribution in [3.05, 3.63) is 41.5 Å². The average Bonchev–Trinajstić information content (AvgIpc) is 3.25. The van der Waals surface area contributed by atoms with Crippen LogP contribution in [0.25, 0.3) is 0 Å². The number of aryl methyl sites for hydroxylation is 1. The maximum absolute atomic E-state index is 12.6. The molecule has 1 saturated heterocycles. The third-order valence-electron chi connectivity index (χ3n) is 3.93. The fraction of sp³-hybridized carbons (Fsp3) is 0.438. The first kappa shape index (κ1) is 18.5. The highest BCUT2D eigenvalue weighted by molar-refractivity contribution is 7.89. The topological polar surface area (TPSA) is 115 Å². The molecule has 2 aromatic rings. The third-order valence-corrected chi connectivity index (χ3v) is 5.45. The van der Waals surface area contributed by atoms with Gasteiger partial charge in [-0.15, -0.1) is 0 Å². The molecular formula is C16H20N4O5S. The summed E-state index contributed by atoms with van der Waals surface area (Å²) in [6.45, 7) is 2.70. The summed E-state index contributed by atoms with van der Waals surface area (Å²) < 4.78 is 37.8. The summed E-state index contributed by atoms with van der Waals surface area (Å²) in [4.78, 5) is 18.1. The highest BCUT2D eigenvalue weighted by atomic mass is 32.2. The van der Waals surface area contributed by atoms with Crippen molar-refractivity contribution in [3.8, 4) is 0 Å². The average molecular weight is 380 g/mol. The molecule has 26 heavy (non-hydrogen) atoms. The van der Waals surface area contributed by atoms with E-state index >= 15 is 0 Å². The van der Waals surface area contributed by atoms with Gasteiger partial charge in [0.05, 0.1) is 18.0 Å². The monoisotopic (exact) mass is 380 g/mol. The molecule has 1 atom stereocenters. The Morgan fingerprint density at radius 1 is 1.42 bits per heavy atom. The van der Waals surface area contributed by atoms with Crippen LogP contribution in [0.2, 0.25) is 0 Å². The Kier molecular flexibility index (Phi) is 5.35. The van der Waals surface area contributed by atoms with Gasteiger partial charge in [0.1, 0.15) is 0 Å². The number of hydrogen-bond donors (Lipinski definition) is 1. The molecular weight excluding hydrogens is 360 g/mol. The first-order valence-corrected chi connectivity index (χ1v) is 9.58. The summed E-state index contributed by atoms with van der Waals surface area (Å²) in [7, 11) is -2.14. The highest BCUT2D eigenvalue weighted by Gasteiger charge is 2.24. The molecule has 0 bridgehead atoms. The number of aromatic nitrogens is 2. The molecule has 1 N–H and O–H groups in total. The van der Waals surface area contributed by atoms with E-state index in [2.05, 4.69) is 14.9 Å². The number of carbonyl (C=O) groups excluding carboxylic acids is 1. The molecule has 0 radical (unpaired) electrons. The van der Waals surface area contributed by atoms with E-state index in [0.29, 0.717) is 31.3 Å². The van der Waals surface area contributed by atoms with Gasteiger partial charge in [0.25, 0.3) is 5.91 Å². The fourth-order valence-corrected chi connectivity index (χ4v) is 3.91. The normalized spacial score (nSPS) is 17.4. The van der Waals surface area contributed by atoms with Crippen LogP contribution in [0, 0.1) is 6.92 Å². The number of rotatable bonds is 6. The molecule has 3 rings (SSSR count). The van der Waals surface area contributed by atoms with Gasteiger partial charge in [-0.25, -0.2) is 13.1 Å². The molecule has 2 heterocycles. The van der Waals surface area contributed by atoms with Gasteiger partial charge in [0.15, 0.2) is 5.82 Å². The number of ether oxygens (including phenoxy) is 1. The van der Waals surface area contributed by atoms with Gasteiger partial charge in [-0.3, -0.25) is 4.79 Å². The summed E-state index contributed by atoms with van der Waals surface area (Å²) in [6, 6.07) is 5.67. The number of carbonyl (C=O) groups is 1. The number of benzene rings is 1. The minimum Gasteiger partial charge on any atom is -0.380 e. The maximum atomic E-state index is 12.6. The first-order chi connectivity index (χ1) is 12.3. The molecule has 140 valence electrons. The number of sulfonamides is 1. The van der Waals surface area contributed by atoms with Crippen LogP contribution in [0.1, 0.15) is 28.5 Å². The Bertz CT molecular complexity index is 890. The lowest BCUT2D eigenvalue weighted by atomic mass is 10.2. The predicted octanol–water partition coefficient (Wildman–Crippen LogP) is 0.717. The number of nitrogens with zero attached hydrogens (tertiary/aromatic N) is 3. The second-order valence-corrected chi connectivity index (χ2v) is 7.82. The van der Waals surface area contributed by atoms with Crippen LogP contribution in [0.4, 0.5) is 0 Å². The third kappa shape index (κ3) is 4.26. The van der Waals surface area contributed by atoms with E-state index in [1.807, 2.05) is 0 Å². The Morgan fingerprint density at radius 3 is 2.88 bits per heavy atom. The lowest BCUT2D eigenvalue weighted by molar-refractivity contribution is 0.0769. The Hall–Kier alpha value is -2.30. The SMILES string of the molecule is Cc1noc(CN(C)C(=O)c2cccc(S(=O)(=O)N[C@H]3CCOC3)c2)n1. The van der Waals surface area contributed by atoms with Crippen molar-refractivity contribution in [3.63, 3.8) is 0 Å². The van der Waals surface area contributed by atoms with Gasteiger partial charge in [0.2, 0.25) is 15.9 Å². The van der Waals surface area contributed by atoms with Crippen LogP contribution in [-0.4, -0.2) is 55.7 Å². The highest BCUT2D eigenvalue weighted by Crippen LogP contribution is 2.16. The summed E-state index contributed by atoms with van der Waals surface area (Å²) >= 11 is 0. The van der Waals surface area contributed by atoms with Crippen molar-refractivity contribution >= 4 is 15.9 Å². The van der Waals surface area contributed by atoms with Gasteiger partial charge >= 0.3 is 0 Å². The molecule has 0 aliphatic carbocycles. The summed E-state index contributed by atoms with van der Waals surface area (Å²) in [5.74, 6) is 0.447. The summed E-state index contributed by atoms with van der Waals surface area (Å²) in [5, 5.41) is 3.68. The van der Waals surface area contributed by atoms with Gasteiger partial charge in [-0.2, -0.15) is 4.98 Å². The zero-order valence-electron chi connectivity index (χ0n) is 14.5. The number of nitrogens with one attached hydrogen (secondary N) is 1. The lowest BCUT2D eigenvalue weighted by Crippen LogP contribution is -2.35. The predicted molar refractivity (Wildman–Crippen MR) is 90.8 cm³/mol. The van der Waals surface area contributed by atoms with Gasteiger partial charge < -0.3 is 14.2 Å². The number of amides is 1. The molecule has 1 amide bonds. The second kappa shape index (κ2) is 7.52. The van der Waals surface area contributed by atoms with Crippen molar-refractivity contribution in [1.82, 2.24) is 19.8 Å². The van der Waals surface area contributed by atoms with E-state index in [9.17, 15) is 13.2 Å². The second-order valence-electron chi connectivity index (χ2n) is 6.11. The quantitative estimate of drug-likeness (QED) is 0.785. The van der Waals surface area contributed by atoms with Crippen molar-refractivity contribution in [2.24, 2.45) is 0 Å². The standard InChI is InChI=1S/C16H20N4O5S/c1-11-17-15(25-18-11)9-20(2)16(21)12-4-3-5-14(8-12)26(22,23)19-13-6-7-24-10-13/h3-5,8,13,19H,6-7,9-10H2,1-2H3/t13-/m0/s1. The molecule has 0 unspecified atom stereocenters. The molecule has 1 fully saturated rings. The Labute approximate surface area is 151 Å². The Morgan fingerprint density at radius 2 is 2.23 bits per heavy atom. The largest absolute Gasteiger partial charge is 0.380 e. The first-order valence-electron chi connectivity index (χ1n) is 8.10. The van der Waals surface area contributed by atoms with Gasteiger partial charge in [-0.05, 0) is 31.5 Å². The molecule has 10 heteroatoms. The van der Waals surface area contributed by atoms with Crippen LogP contribution in [-0.2, 0) is 21.3 Å². The molecule has 9 nitrogen and oxygen atoms in total. The van der Waals surface area contributed by atoms with Crippen LogP contribution in [0.5, 0.6) is 0 Å². The van der Waals surface area contributed by atoms with E-state index in [0.717, 1.165) is 0 Å². The van der Waals surface area contributed by atoms with E-state index in [1.54, 1.807) is 20.0 Å². The molecule has 1 aromatic carbocycles. The van der Waals surface area contributed by atoms with Crippen molar-refractivity contribution in [1.29, 1.82) is 0 Å². The van der Waals surface area contributed by atoms with Crippen LogP contribution in [0.3, 0.4) is 0 Å². The van der Waals surface area contributed by atoms with Crippen molar-refractivity contribution in [2.45, 2.75) is 30.8 Å². The van der Waals surface area contributed by atoms with E-state index < -0.39 is 10.0 Å². The van der Waals surface area contributed by atoms with Crippen molar-refractivity contribution in [2.75, 3.05) is 20.3 Å². The van der Waals surface area contributed by atoms with Crippen LogP contribution < -0.4 is 4.72 Å². The molecule has 1 aromatic heterocycles. The fourth-order valence-electron chi connectivity index (χ4n) is 2.61. The Balaban J connectivity index is 1.74. The lowest BCUT2D eigenvalue weighted by Gasteiger charge is -2.16. The van der Waals surface area contributed by atoms with Crippen LogP contribution in [0.15, 0.2) is 33.7 Å². The molecule has 0 saturated carbocycles. The zero-order valence-corrected chi connectivity index (χ0v) is 15.3. The molecule has 1 aliphatic rings. The maximum Gasteiger partial charge on any atom is 0.254 e. The minimum atomic E-state index is -3.72. The molecule has 0 spiro atoms. The zero-order chi connectivity index (χ0) is 18.7. The van der Waals surface area contributed by atoms with E-state index in [-0.39, 0.29) is 29.0 Å². The van der Waals surface area contributed by atoms with E-state index in [1.165, 1.54) is 23.1 Å². The van der Waals surface area contributed by atoms with Crippen molar-refractivity contribution < 1.29 is 22.5 Å². The molecule has 1 aliphatic heterocycles.